The van der Waals surface area contributed by atoms with Crippen molar-refractivity contribution < 1.29 is 5.11 Å². The van der Waals surface area contributed by atoms with Gasteiger partial charge in [0.1, 0.15) is 0 Å². The van der Waals surface area contributed by atoms with Crippen molar-refractivity contribution in [3.8, 4) is 11.4 Å². The van der Waals surface area contributed by atoms with E-state index in [2.05, 4.69) is 29.1 Å². The zero-order valence-corrected chi connectivity index (χ0v) is 19.1. The summed E-state index contributed by atoms with van der Waals surface area (Å²) in [4.78, 5) is 9.12. The normalized spacial score (nSPS) is 12.1. The summed E-state index contributed by atoms with van der Waals surface area (Å²) in [7, 11) is 0. The minimum Gasteiger partial charge on any atom is -0.391 e. The number of hydrogen-bond donors (Lipinski definition) is 2. The van der Waals surface area contributed by atoms with Crippen LogP contribution in [0.2, 0.25) is 0 Å². The summed E-state index contributed by atoms with van der Waals surface area (Å²) in [6.45, 7) is 5.05. The lowest BCUT2D eigenvalue weighted by Gasteiger charge is -2.13. The lowest BCUT2D eigenvalue weighted by Crippen LogP contribution is -2.19. The fourth-order valence-electron chi connectivity index (χ4n) is 3.62. The van der Waals surface area contributed by atoms with E-state index in [1.807, 2.05) is 36.7 Å². The highest BCUT2D eigenvalue weighted by Crippen LogP contribution is 2.19. The third-order valence-corrected chi connectivity index (χ3v) is 5.60. The molecule has 0 bridgehead atoms. The van der Waals surface area contributed by atoms with E-state index in [9.17, 15) is 5.11 Å². The summed E-state index contributed by atoms with van der Waals surface area (Å²) in [5.74, 6) is 0.768. The van der Waals surface area contributed by atoms with Gasteiger partial charge in [-0.2, -0.15) is 0 Å². The lowest BCUT2D eigenvalue weighted by atomic mass is 10.1. The van der Waals surface area contributed by atoms with Crippen molar-refractivity contribution in [3.05, 3.63) is 42.2 Å². The van der Waals surface area contributed by atoms with Gasteiger partial charge in [-0.1, -0.05) is 71.6 Å². The molecule has 1 aromatic heterocycles. The van der Waals surface area contributed by atoms with Gasteiger partial charge in [0, 0.05) is 30.2 Å². The van der Waals surface area contributed by atoms with Crippen LogP contribution < -0.4 is 5.32 Å². The van der Waals surface area contributed by atoms with Crippen molar-refractivity contribution in [2.24, 2.45) is 0 Å². The fourth-order valence-corrected chi connectivity index (χ4v) is 3.62. The molecule has 1 heterocycles. The average Bonchev–Trinajstić information content (AvgIpc) is 2.78. The minimum atomic E-state index is -0.288. The van der Waals surface area contributed by atoms with Gasteiger partial charge in [-0.05, 0) is 49.1 Å². The maximum Gasteiger partial charge on any atom is 0.159 e. The molecule has 166 valence electrons. The summed E-state index contributed by atoms with van der Waals surface area (Å²) in [5.41, 5.74) is 3.26. The maximum absolute atomic E-state index is 10.1. The summed E-state index contributed by atoms with van der Waals surface area (Å²) < 4.78 is 0. The van der Waals surface area contributed by atoms with Gasteiger partial charge in [0.25, 0.3) is 0 Å². The summed E-state index contributed by atoms with van der Waals surface area (Å²) in [6, 6.07) is 8.15. The molecule has 4 nitrogen and oxygen atoms in total. The van der Waals surface area contributed by atoms with E-state index in [-0.39, 0.29) is 6.10 Å². The molecule has 0 amide bonds. The van der Waals surface area contributed by atoms with E-state index in [1.54, 1.807) is 0 Å². The Hall–Kier alpha value is -1.94. The molecule has 0 spiro atoms. The van der Waals surface area contributed by atoms with E-state index >= 15 is 0 Å². The fraction of sp³-hybridized carbons (Fsp3) is 0.615. The first-order chi connectivity index (χ1) is 14.7. The molecule has 0 aliphatic rings. The summed E-state index contributed by atoms with van der Waals surface area (Å²) in [6.07, 6.45) is 18.2. The van der Waals surface area contributed by atoms with Crippen LogP contribution in [-0.2, 0) is 6.42 Å². The molecule has 4 heteroatoms. The first-order valence-corrected chi connectivity index (χ1v) is 12.1. The van der Waals surface area contributed by atoms with Crippen LogP contribution in [-0.4, -0.2) is 27.7 Å². The Balaban J connectivity index is 1.72. The average molecular weight is 412 g/mol. The number of unbranched alkanes of at least 4 members (excludes halogenated alkanes) is 8. The molecule has 0 fully saturated rings. The molecule has 0 saturated carbocycles. The van der Waals surface area contributed by atoms with Gasteiger partial charge in [0.2, 0.25) is 0 Å². The topological polar surface area (TPSA) is 58.0 Å². The SMILES string of the molecule is CCCCCCCCc1cnc(-c2ccc(NC[C@H](O)CCCCCC)cc2)nc1. The number of hydrogen-bond acceptors (Lipinski definition) is 4. The quantitative estimate of drug-likeness (QED) is 0.299. The van der Waals surface area contributed by atoms with Gasteiger partial charge in [0.05, 0.1) is 6.10 Å². The van der Waals surface area contributed by atoms with Crippen molar-refractivity contribution in [3.63, 3.8) is 0 Å². The second kappa shape index (κ2) is 15.0. The first kappa shape index (κ1) is 24.3. The van der Waals surface area contributed by atoms with E-state index < -0.39 is 0 Å². The van der Waals surface area contributed by atoms with E-state index in [1.165, 1.54) is 63.4 Å². The standard InChI is InChI=1S/C26H41N3O/c1-3-5-7-9-10-11-13-22-19-28-26(29-20-22)23-15-17-24(18-16-23)27-21-25(30)14-12-8-6-4-2/h15-20,25,27,30H,3-14,21H2,1-2H3/t25-/m1/s1. The third-order valence-electron chi connectivity index (χ3n) is 5.60. The smallest absolute Gasteiger partial charge is 0.159 e. The number of benzene rings is 1. The molecule has 0 radical (unpaired) electrons. The third kappa shape index (κ3) is 9.71. The van der Waals surface area contributed by atoms with Crippen LogP contribution >= 0.6 is 0 Å². The minimum absolute atomic E-state index is 0.288. The molecule has 0 saturated heterocycles. The molecular formula is C26H41N3O. The molecule has 2 N–H and O–H groups in total. The van der Waals surface area contributed by atoms with E-state index in [0.717, 1.165) is 36.3 Å². The van der Waals surface area contributed by atoms with Crippen LogP contribution in [0.3, 0.4) is 0 Å². The number of aryl methyl sites for hydroxylation is 1. The number of nitrogens with one attached hydrogen (secondary N) is 1. The molecule has 0 unspecified atom stereocenters. The largest absolute Gasteiger partial charge is 0.391 e. The number of aliphatic hydroxyl groups is 1. The van der Waals surface area contributed by atoms with Gasteiger partial charge < -0.3 is 10.4 Å². The van der Waals surface area contributed by atoms with Gasteiger partial charge in [0.15, 0.2) is 5.82 Å². The van der Waals surface area contributed by atoms with E-state index in [0.29, 0.717) is 6.54 Å². The monoisotopic (exact) mass is 411 g/mol. The second-order valence-corrected chi connectivity index (χ2v) is 8.39. The Morgan fingerprint density at radius 3 is 2.07 bits per heavy atom. The number of aromatic nitrogens is 2. The van der Waals surface area contributed by atoms with Crippen molar-refractivity contribution >= 4 is 5.69 Å². The molecular weight excluding hydrogens is 370 g/mol. The van der Waals surface area contributed by atoms with Crippen LogP contribution in [0.4, 0.5) is 5.69 Å². The Kier molecular flexibility index (Phi) is 12.1. The molecule has 30 heavy (non-hydrogen) atoms. The zero-order valence-electron chi connectivity index (χ0n) is 19.1. The second-order valence-electron chi connectivity index (χ2n) is 8.39. The molecule has 2 rings (SSSR count). The molecule has 1 aromatic carbocycles. The van der Waals surface area contributed by atoms with Gasteiger partial charge in [-0.3, -0.25) is 0 Å². The van der Waals surface area contributed by atoms with Crippen molar-refractivity contribution in [1.29, 1.82) is 0 Å². The van der Waals surface area contributed by atoms with Crippen LogP contribution in [0.1, 0.15) is 90.0 Å². The van der Waals surface area contributed by atoms with Crippen LogP contribution in [0.5, 0.6) is 0 Å². The molecule has 0 aliphatic heterocycles. The van der Waals surface area contributed by atoms with Crippen LogP contribution in [0.15, 0.2) is 36.7 Å². The highest BCUT2D eigenvalue weighted by atomic mass is 16.3. The maximum atomic E-state index is 10.1. The molecule has 1 atom stereocenters. The lowest BCUT2D eigenvalue weighted by molar-refractivity contribution is 0.173. The summed E-state index contributed by atoms with van der Waals surface area (Å²) in [5, 5.41) is 13.4. The van der Waals surface area contributed by atoms with Crippen LogP contribution in [0, 0.1) is 0 Å². The van der Waals surface area contributed by atoms with E-state index in [4.69, 9.17) is 0 Å². The Labute approximate surface area is 183 Å². The first-order valence-electron chi connectivity index (χ1n) is 12.1. The summed E-state index contributed by atoms with van der Waals surface area (Å²) >= 11 is 0. The highest BCUT2D eigenvalue weighted by Gasteiger charge is 2.05. The van der Waals surface area contributed by atoms with Crippen molar-refractivity contribution in [1.82, 2.24) is 9.97 Å². The van der Waals surface area contributed by atoms with Crippen LogP contribution in [0.25, 0.3) is 11.4 Å². The van der Waals surface area contributed by atoms with Gasteiger partial charge in [-0.25, -0.2) is 9.97 Å². The van der Waals surface area contributed by atoms with Gasteiger partial charge in [-0.15, -0.1) is 0 Å². The van der Waals surface area contributed by atoms with Crippen molar-refractivity contribution in [2.75, 3.05) is 11.9 Å². The zero-order chi connectivity index (χ0) is 21.4. The highest BCUT2D eigenvalue weighted by molar-refractivity contribution is 5.59. The number of anilines is 1. The number of aliphatic hydroxyl groups excluding tert-OH is 1. The Morgan fingerprint density at radius 1 is 0.800 bits per heavy atom. The Bertz CT molecular complexity index is 670. The Morgan fingerprint density at radius 2 is 1.40 bits per heavy atom. The predicted molar refractivity (Wildman–Crippen MR) is 128 cm³/mol. The van der Waals surface area contributed by atoms with Crippen molar-refractivity contribution in [2.45, 2.75) is 97.0 Å². The molecule has 2 aromatic rings. The van der Waals surface area contributed by atoms with Gasteiger partial charge >= 0.3 is 0 Å². The predicted octanol–water partition coefficient (Wildman–Crippen LogP) is 6.79. The molecule has 0 aliphatic carbocycles. The number of nitrogens with zero attached hydrogens (tertiary/aromatic N) is 2. The number of rotatable bonds is 16.